The molecule has 6 nitrogen and oxygen atoms in total. The first-order valence-electron chi connectivity index (χ1n) is 8.07. The summed E-state index contributed by atoms with van der Waals surface area (Å²) < 4.78 is 1.68. The second kappa shape index (κ2) is 7.59. The van der Waals surface area contributed by atoms with Gasteiger partial charge in [-0.05, 0) is 23.6 Å². The maximum Gasteiger partial charge on any atom is 0.250 e. The molecule has 0 bridgehead atoms. The number of benzene rings is 1. The molecule has 0 aliphatic rings. The number of halogens is 1. The van der Waals surface area contributed by atoms with Crippen molar-refractivity contribution in [1.29, 1.82) is 0 Å². The molecule has 0 saturated heterocycles. The average molecular weight is 417 g/mol. The van der Waals surface area contributed by atoms with Crippen molar-refractivity contribution in [3.63, 3.8) is 0 Å². The van der Waals surface area contributed by atoms with Crippen LogP contribution >= 0.6 is 34.3 Å². The van der Waals surface area contributed by atoms with Crippen LogP contribution < -0.4 is 5.32 Å². The van der Waals surface area contributed by atoms with Crippen molar-refractivity contribution in [2.24, 2.45) is 0 Å². The highest BCUT2D eigenvalue weighted by Gasteiger charge is 2.15. The zero-order valence-electron chi connectivity index (χ0n) is 13.9. The lowest BCUT2D eigenvalue weighted by Gasteiger charge is -2.00. The van der Waals surface area contributed by atoms with Gasteiger partial charge in [-0.15, -0.1) is 27.8 Å². The van der Waals surface area contributed by atoms with Crippen molar-refractivity contribution in [3.05, 3.63) is 57.1 Å². The van der Waals surface area contributed by atoms with Crippen LogP contribution in [0.4, 0.5) is 5.95 Å². The van der Waals surface area contributed by atoms with Crippen molar-refractivity contribution in [3.8, 4) is 11.3 Å². The Balaban J connectivity index is 1.44. The van der Waals surface area contributed by atoms with Gasteiger partial charge in [-0.2, -0.15) is 4.98 Å². The van der Waals surface area contributed by atoms with Gasteiger partial charge in [0.15, 0.2) is 5.78 Å². The quantitative estimate of drug-likeness (QED) is 0.459. The van der Waals surface area contributed by atoms with Crippen LogP contribution in [-0.2, 0) is 4.79 Å². The molecule has 0 spiro atoms. The predicted molar refractivity (Wildman–Crippen MR) is 108 cm³/mol. The van der Waals surface area contributed by atoms with E-state index in [0.29, 0.717) is 14.9 Å². The summed E-state index contributed by atoms with van der Waals surface area (Å²) in [6, 6.07) is 11.0. The maximum absolute atomic E-state index is 12.1. The predicted octanol–water partition coefficient (Wildman–Crippen LogP) is 4.77. The third-order valence-corrected chi connectivity index (χ3v) is 5.83. The van der Waals surface area contributed by atoms with Gasteiger partial charge < -0.3 is 0 Å². The average Bonchev–Trinajstić information content (AvgIpc) is 3.37. The number of fused-ring (bicyclic) bond motifs is 1. The SMILES string of the molecule is O=C(CCC(=O)c1cccs1)Nc1nc2scc(-c3ccc(Cl)cc3)n2n1. The molecule has 4 rings (SSSR count). The highest BCUT2D eigenvalue weighted by Crippen LogP contribution is 2.27. The maximum atomic E-state index is 12.1. The van der Waals surface area contributed by atoms with E-state index in [2.05, 4.69) is 15.4 Å². The number of hydrogen-bond acceptors (Lipinski definition) is 6. The lowest BCUT2D eigenvalue weighted by molar-refractivity contribution is -0.116. The number of nitrogens with one attached hydrogen (secondary N) is 1. The first-order chi connectivity index (χ1) is 13.1. The highest BCUT2D eigenvalue weighted by atomic mass is 35.5. The molecule has 1 aromatic carbocycles. The van der Waals surface area contributed by atoms with Crippen molar-refractivity contribution in [2.75, 3.05) is 5.32 Å². The smallest absolute Gasteiger partial charge is 0.250 e. The van der Waals surface area contributed by atoms with Gasteiger partial charge in [0.25, 0.3) is 0 Å². The summed E-state index contributed by atoms with van der Waals surface area (Å²) in [5, 5.41) is 11.5. The minimum absolute atomic E-state index is 0.0380. The number of rotatable bonds is 6. The summed E-state index contributed by atoms with van der Waals surface area (Å²) in [5.74, 6) is -0.0965. The Labute approximate surface area is 167 Å². The van der Waals surface area contributed by atoms with Crippen LogP contribution in [0.25, 0.3) is 16.2 Å². The number of Topliss-reactive ketones (excluding diaryl/α,β-unsaturated/α-hetero) is 1. The largest absolute Gasteiger partial charge is 0.293 e. The number of anilines is 1. The molecular formula is C18H13ClN4O2S2. The van der Waals surface area contributed by atoms with E-state index in [4.69, 9.17) is 11.6 Å². The van der Waals surface area contributed by atoms with Crippen LogP contribution in [0, 0.1) is 0 Å². The van der Waals surface area contributed by atoms with Gasteiger partial charge in [-0.25, -0.2) is 4.52 Å². The monoisotopic (exact) mass is 416 g/mol. The number of carbonyl (C=O) groups excluding carboxylic acids is 2. The second-order valence-corrected chi connectivity index (χ2v) is 7.93. The van der Waals surface area contributed by atoms with E-state index in [1.165, 1.54) is 22.7 Å². The molecule has 4 aromatic rings. The van der Waals surface area contributed by atoms with Gasteiger partial charge in [0.1, 0.15) is 0 Å². The van der Waals surface area contributed by atoms with Crippen LogP contribution in [-0.4, -0.2) is 26.3 Å². The summed E-state index contributed by atoms with van der Waals surface area (Å²) in [6.45, 7) is 0. The second-order valence-electron chi connectivity index (χ2n) is 5.71. The third kappa shape index (κ3) is 3.92. The molecule has 1 N–H and O–H groups in total. The number of nitrogens with zero attached hydrogens (tertiary/aromatic N) is 3. The van der Waals surface area contributed by atoms with Crippen LogP contribution in [0.2, 0.25) is 5.02 Å². The van der Waals surface area contributed by atoms with Crippen molar-refractivity contribution < 1.29 is 9.59 Å². The topological polar surface area (TPSA) is 76.4 Å². The number of carbonyl (C=O) groups is 2. The number of amides is 1. The van der Waals surface area contributed by atoms with Crippen LogP contribution in [0.5, 0.6) is 0 Å². The first-order valence-corrected chi connectivity index (χ1v) is 10.2. The zero-order chi connectivity index (χ0) is 18.8. The minimum Gasteiger partial charge on any atom is -0.293 e. The molecule has 3 aromatic heterocycles. The Morgan fingerprint density at radius 2 is 1.93 bits per heavy atom. The number of aromatic nitrogens is 3. The Morgan fingerprint density at radius 1 is 1.11 bits per heavy atom. The minimum atomic E-state index is -0.286. The van der Waals surface area contributed by atoms with Gasteiger partial charge in [0.05, 0.1) is 10.6 Å². The van der Waals surface area contributed by atoms with Crippen LogP contribution in [0.3, 0.4) is 0 Å². The molecule has 27 heavy (non-hydrogen) atoms. The van der Waals surface area contributed by atoms with Gasteiger partial charge in [0.2, 0.25) is 16.8 Å². The molecule has 0 saturated carbocycles. The van der Waals surface area contributed by atoms with Crippen molar-refractivity contribution in [2.45, 2.75) is 12.8 Å². The molecule has 136 valence electrons. The molecule has 3 heterocycles. The van der Waals surface area contributed by atoms with E-state index in [-0.39, 0.29) is 30.5 Å². The van der Waals surface area contributed by atoms with E-state index in [9.17, 15) is 9.59 Å². The van der Waals surface area contributed by atoms with E-state index < -0.39 is 0 Å². The summed E-state index contributed by atoms with van der Waals surface area (Å²) >= 11 is 8.74. The Hall–Kier alpha value is -2.55. The van der Waals surface area contributed by atoms with Gasteiger partial charge in [0, 0.05) is 28.8 Å². The van der Waals surface area contributed by atoms with E-state index >= 15 is 0 Å². The van der Waals surface area contributed by atoms with Crippen LogP contribution in [0.1, 0.15) is 22.5 Å². The number of thiazole rings is 1. The van der Waals surface area contributed by atoms with Crippen molar-refractivity contribution >= 4 is 56.9 Å². The summed E-state index contributed by atoms with van der Waals surface area (Å²) in [6.07, 6.45) is 0.248. The molecule has 0 unspecified atom stereocenters. The standard InChI is InChI=1S/C18H13ClN4O2S2/c19-12-5-3-11(4-6-12)13-10-27-18-21-17(22-23(13)18)20-16(25)8-7-14(24)15-2-1-9-26-15/h1-6,9-10H,7-8H2,(H,20,22,25). The van der Waals surface area contributed by atoms with E-state index in [1.54, 1.807) is 10.6 Å². The van der Waals surface area contributed by atoms with Crippen LogP contribution in [0.15, 0.2) is 47.2 Å². The summed E-state index contributed by atoms with van der Waals surface area (Å²) in [5.41, 5.74) is 1.82. The zero-order valence-corrected chi connectivity index (χ0v) is 16.3. The molecule has 0 aliphatic heterocycles. The Morgan fingerprint density at radius 3 is 2.67 bits per heavy atom. The molecule has 9 heteroatoms. The number of ketones is 1. The lowest BCUT2D eigenvalue weighted by Crippen LogP contribution is -2.14. The lowest BCUT2D eigenvalue weighted by atomic mass is 10.2. The fourth-order valence-electron chi connectivity index (χ4n) is 2.53. The molecule has 0 fully saturated rings. The Kier molecular flexibility index (Phi) is 5.02. The fourth-order valence-corrected chi connectivity index (χ4v) is 4.18. The van der Waals surface area contributed by atoms with Gasteiger partial charge in [-0.3, -0.25) is 14.9 Å². The molecule has 0 atom stereocenters. The van der Waals surface area contributed by atoms with Crippen molar-refractivity contribution in [1.82, 2.24) is 14.6 Å². The van der Waals surface area contributed by atoms with E-state index in [1.807, 2.05) is 41.1 Å². The molecular weight excluding hydrogens is 404 g/mol. The van der Waals surface area contributed by atoms with E-state index in [0.717, 1.165) is 11.3 Å². The molecule has 0 radical (unpaired) electrons. The molecule has 1 amide bonds. The normalized spacial score (nSPS) is 11.0. The summed E-state index contributed by atoms with van der Waals surface area (Å²) in [7, 11) is 0. The number of hydrogen-bond donors (Lipinski definition) is 1. The highest BCUT2D eigenvalue weighted by molar-refractivity contribution is 7.15. The van der Waals surface area contributed by atoms with Gasteiger partial charge in [-0.1, -0.05) is 29.8 Å². The Bertz CT molecular complexity index is 1100. The molecule has 0 aliphatic carbocycles. The first kappa shape index (κ1) is 17.8. The summed E-state index contributed by atoms with van der Waals surface area (Å²) in [4.78, 5) is 29.7. The van der Waals surface area contributed by atoms with Gasteiger partial charge >= 0.3 is 0 Å². The number of thiophene rings is 1. The third-order valence-electron chi connectivity index (χ3n) is 3.85. The fraction of sp³-hybridized carbons (Fsp3) is 0.111.